The van der Waals surface area contributed by atoms with Crippen molar-refractivity contribution in [1.82, 2.24) is 0 Å². The molecule has 0 amide bonds. The van der Waals surface area contributed by atoms with Crippen LogP contribution < -0.4 is 0 Å². The zero-order valence-electron chi connectivity index (χ0n) is 9.20. The van der Waals surface area contributed by atoms with Crippen molar-refractivity contribution in [2.24, 2.45) is 0 Å². The van der Waals surface area contributed by atoms with Gasteiger partial charge in [-0.05, 0) is 36.4 Å². The van der Waals surface area contributed by atoms with Gasteiger partial charge in [-0.3, -0.25) is 0 Å². The van der Waals surface area contributed by atoms with E-state index in [0.29, 0.717) is 0 Å². The van der Waals surface area contributed by atoms with Gasteiger partial charge in [-0.2, -0.15) is 5.26 Å². The number of nitriles is 1. The van der Waals surface area contributed by atoms with Crippen molar-refractivity contribution < 1.29 is 0 Å². The van der Waals surface area contributed by atoms with Crippen LogP contribution in [0.1, 0.15) is 38.2 Å². The molecule has 1 aromatic rings. The van der Waals surface area contributed by atoms with E-state index in [-0.39, 0.29) is 0 Å². The molecule has 1 nitrogen and oxygen atoms in total. The number of rotatable bonds is 6. The van der Waals surface area contributed by atoms with E-state index < -0.39 is 0 Å². The molecule has 0 fully saturated rings. The molecule has 0 aliphatic carbocycles. The Kier molecular flexibility index (Phi) is 5.96. The van der Waals surface area contributed by atoms with Crippen LogP contribution in [-0.4, -0.2) is 5.75 Å². The molecule has 0 radical (unpaired) electrons. The van der Waals surface area contributed by atoms with Crippen LogP contribution in [0.15, 0.2) is 29.2 Å². The van der Waals surface area contributed by atoms with E-state index in [0.717, 1.165) is 5.56 Å². The van der Waals surface area contributed by atoms with Crippen molar-refractivity contribution in [3.8, 4) is 6.07 Å². The first-order valence-corrected chi connectivity index (χ1v) is 6.48. The van der Waals surface area contributed by atoms with Crippen LogP contribution in [0, 0.1) is 11.3 Å². The number of thioether (sulfide) groups is 1. The summed E-state index contributed by atoms with van der Waals surface area (Å²) in [6.07, 6.45) is 5.26. The number of hydrogen-bond donors (Lipinski definition) is 0. The molecular formula is C13H17NS. The van der Waals surface area contributed by atoms with Gasteiger partial charge in [-0.25, -0.2) is 0 Å². The number of nitrogens with zero attached hydrogens (tertiary/aromatic N) is 1. The Morgan fingerprint density at radius 2 is 1.87 bits per heavy atom. The maximum absolute atomic E-state index is 8.64. The molecule has 0 spiro atoms. The Balaban J connectivity index is 2.23. The average Bonchev–Trinajstić information content (AvgIpc) is 2.30. The molecule has 0 saturated carbocycles. The van der Waals surface area contributed by atoms with Crippen LogP contribution in [0.5, 0.6) is 0 Å². The normalized spacial score (nSPS) is 9.87. The minimum Gasteiger partial charge on any atom is -0.192 e. The second-order valence-electron chi connectivity index (χ2n) is 3.55. The van der Waals surface area contributed by atoms with E-state index in [1.165, 1.54) is 36.3 Å². The molecule has 0 heterocycles. The second kappa shape index (κ2) is 7.36. The number of unbranched alkanes of at least 4 members (excludes halogenated alkanes) is 3. The SMILES string of the molecule is CCCCCCSc1ccc(C#N)cc1. The second-order valence-corrected chi connectivity index (χ2v) is 4.71. The molecule has 0 saturated heterocycles. The summed E-state index contributed by atoms with van der Waals surface area (Å²) in [5.74, 6) is 1.19. The summed E-state index contributed by atoms with van der Waals surface area (Å²) in [6, 6.07) is 9.96. The number of benzene rings is 1. The van der Waals surface area contributed by atoms with Gasteiger partial charge in [0.2, 0.25) is 0 Å². The molecule has 0 unspecified atom stereocenters. The predicted molar refractivity (Wildman–Crippen MR) is 66.0 cm³/mol. The van der Waals surface area contributed by atoms with E-state index in [1.807, 2.05) is 36.0 Å². The summed E-state index contributed by atoms with van der Waals surface area (Å²) in [6.45, 7) is 2.23. The van der Waals surface area contributed by atoms with Crippen molar-refractivity contribution >= 4 is 11.8 Å². The van der Waals surface area contributed by atoms with Crippen LogP contribution in [-0.2, 0) is 0 Å². The van der Waals surface area contributed by atoms with Gasteiger partial charge in [-0.15, -0.1) is 11.8 Å². The Morgan fingerprint density at radius 1 is 1.13 bits per heavy atom. The molecular weight excluding hydrogens is 202 g/mol. The van der Waals surface area contributed by atoms with Crippen LogP contribution >= 0.6 is 11.8 Å². The van der Waals surface area contributed by atoms with Crippen molar-refractivity contribution in [2.75, 3.05) is 5.75 Å². The van der Waals surface area contributed by atoms with Crippen molar-refractivity contribution in [2.45, 2.75) is 37.5 Å². The summed E-state index contributed by atoms with van der Waals surface area (Å²) < 4.78 is 0. The Bertz CT molecular complexity index is 310. The highest BCUT2D eigenvalue weighted by Gasteiger charge is 1.94. The first kappa shape index (κ1) is 12.1. The minimum atomic E-state index is 0.741. The lowest BCUT2D eigenvalue weighted by atomic mass is 10.2. The van der Waals surface area contributed by atoms with E-state index in [1.54, 1.807) is 0 Å². The highest BCUT2D eigenvalue weighted by atomic mass is 32.2. The van der Waals surface area contributed by atoms with E-state index in [2.05, 4.69) is 13.0 Å². The Morgan fingerprint density at radius 3 is 2.47 bits per heavy atom. The fourth-order valence-corrected chi connectivity index (χ4v) is 2.26. The minimum absolute atomic E-state index is 0.741. The summed E-state index contributed by atoms with van der Waals surface area (Å²) in [5.41, 5.74) is 0.741. The quantitative estimate of drug-likeness (QED) is 0.528. The summed E-state index contributed by atoms with van der Waals surface area (Å²) in [4.78, 5) is 1.27. The highest BCUT2D eigenvalue weighted by molar-refractivity contribution is 7.99. The molecule has 0 bridgehead atoms. The Labute approximate surface area is 96.5 Å². The Hall–Kier alpha value is -0.940. The maximum atomic E-state index is 8.64. The molecule has 1 aromatic carbocycles. The molecule has 80 valence electrons. The molecule has 0 aromatic heterocycles. The van der Waals surface area contributed by atoms with Crippen LogP contribution in [0.4, 0.5) is 0 Å². The summed E-state index contributed by atoms with van der Waals surface area (Å²) in [7, 11) is 0. The van der Waals surface area contributed by atoms with Gasteiger partial charge in [0.1, 0.15) is 0 Å². The number of hydrogen-bond acceptors (Lipinski definition) is 2. The van der Waals surface area contributed by atoms with Crippen molar-refractivity contribution in [3.63, 3.8) is 0 Å². The molecule has 0 N–H and O–H groups in total. The van der Waals surface area contributed by atoms with Gasteiger partial charge >= 0.3 is 0 Å². The first-order valence-electron chi connectivity index (χ1n) is 5.49. The maximum Gasteiger partial charge on any atom is 0.0991 e. The average molecular weight is 219 g/mol. The van der Waals surface area contributed by atoms with Crippen molar-refractivity contribution in [3.05, 3.63) is 29.8 Å². The fourth-order valence-electron chi connectivity index (χ4n) is 1.34. The van der Waals surface area contributed by atoms with Gasteiger partial charge < -0.3 is 0 Å². The lowest BCUT2D eigenvalue weighted by molar-refractivity contribution is 0.706. The third kappa shape index (κ3) is 4.90. The zero-order valence-corrected chi connectivity index (χ0v) is 10.0. The molecule has 1 rings (SSSR count). The zero-order chi connectivity index (χ0) is 10.9. The van der Waals surface area contributed by atoms with Crippen LogP contribution in [0.25, 0.3) is 0 Å². The predicted octanol–water partition coefficient (Wildman–Crippen LogP) is 4.23. The lowest BCUT2D eigenvalue weighted by Crippen LogP contribution is -1.81. The van der Waals surface area contributed by atoms with E-state index in [9.17, 15) is 0 Å². The van der Waals surface area contributed by atoms with Crippen LogP contribution in [0.3, 0.4) is 0 Å². The van der Waals surface area contributed by atoms with Gasteiger partial charge in [0, 0.05) is 4.90 Å². The van der Waals surface area contributed by atoms with Gasteiger partial charge in [0.05, 0.1) is 11.6 Å². The summed E-state index contributed by atoms with van der Waals surface area (Å²) in [5, 5.41) is 8.64. The molecule has 2 heteroatoms. The third-order valence-electron chi connectivity index (χ3n) is 2.25. The monoisotopic (exact) mass is 219 g/mol. The van der Waals surface area contributed by atoms with Gasteiger partial charge in [-0.1, -0.05) is 26.2 Å². The third-order valence-corrected chi connectivity index (χ3v) is 3.35. The largest absolute Gasteiger partial charge is 0.192 e. The van der Waals surface area contributed by atoms with Crippen molar-refractivity contribution in [1.29, 1.82) is 5.26 Å². The van der Waals surface area contributed by atoms with Crippen LogP contribution in [0.2, 0.25) is 0 Å². The van der Waals surface area contributed by atoms with Gasteiger partial charge in [0.15, 0.2) is 0 Å². The standard InChI is InChI=1S/C13H17NS/c1-2-3-4-5-10-15-13-8-6-12(11-14)7-9-13/h6-9H,2-5,10H2,1H3. The smallest absolute Gasteiger partial charge is 0.0991 e. The van der Waals surface area contributed by atoms with E-state index in [4.69, 9.17) is 5.26 Å². The molecule has 0 aliphatic rings. The molecule has 15 heavy (non-hydrogen) atoms. The molecule has 0 atom stereocenters. The van der Waals surface area contributed by atoms with E-state index >= 15 is 0 Å². The fraction of sp³-hybridized carbons (Fsp3) is 0.462. The first-order chi connectivity index (χ1) is 7.36. The molecule has 0 aliphatic heterocycles. The summed E-state index contributed by atoms with van der Waals surface area (Å²) >= 11 is 1.88. The van der Waals surface area contributed by atoms with Gasteiger partial charge in [0.25, 0.3) is 0 Å². The topological polar surface area (TPSA) is 23.8 Å². The highest BCUT2D eigenvalue weighted by Crippen LogP contribution is 2.20. The lowest BCUT2D eigenvalue weighted by Gasteiger charge is -2.01.